The Hall–Kier alpha value is -1.85. The van der Waals surface area contributed by atoms with E-state index < -0.39 is 0 Å². The normalized spacial score (nSPS) is 17.6. The predicted molar refractivity (Wildman–Crippen MR) is 102 cm³/mol. The van der Waals surface area contributed by atoms with Crippen LogP contribution in [-0.4, -0.2) is 59.6 Å². The van der Waals surface area contributed by atoms with Gasteiger partial charge < -0.3 is 14.6 Å². The maximum absolute atomic E-state index is 5.59. The van der Waals surface area contributed by atoms with Crippen LogP contribution in [0.3, 0.4) is 0 Å². The molecule has 2 aliphatic rings. The van der Waals surface area contributed by atoms with Crippen molar-refractivity contribution in [2.45, 2.75) is 33.7 Å². The first-order valence-corrected chi connectivity index (χ1v) is 9.41. The second-order valence-electron chi connectivity index (χ2n) is 6.66. The summed E-state index contributed by atoms with van der Waals surface area (Å²) in [6.07, 6.45) is 0.997. The van der Waals surface area contributed by atoms with E-state index in [-0.39, 0.29) is 0 Å². The summed E-state index contributed by atoms with van der Waals surface area (Å²) in [5, 5.41) is 0. The van der Waals surface area contributed by atoms with Crippen molar-refractivity contribution in [2.24, 2.45) is 0 Å². The van der Waals surface area contributed by atoms with E-state index in [1.807, 2.05) is 13.8 Å². The fourth-order valence-corrected chi connectivity index (χ4v) is 3.34. The summed E-state index contributed by atoms with van der Waals surface area (Å²) in [5.74, 6) is 2.00. The molecular weight excluding hydrogens is 312 g/mol. The van der Waals surface area contributed by atoms with Gasteiger partial charge in [-0.2, -0.15) is 0 Å². The van der Waals surface area contributed by atoms with Crippen LogP contribution in [0.25, 0.3) is 11.4 Å². The number of H-pyrrole nitrogens is 1. The van der Waals surface area contributed by atoms with Crippen LogP contribution in [0.15, 0.2) is 18.2 Å². The number of aryl methyl sites for hydroxylation is 1. The Morgan fingerprint density at radius 2 is 1.92 bits per heavy atom. The predicted octanol–water partition coefficient (Wildman–Crippen LogP) is 3.09. The molecule has 1 saturated heterocycles. The zero-order valence-corrected chi connectivity index (χ0v) is 15.9. The number of ether oxygens (including phenoxy) is 1. The zero-order chi connectivity index (χ0) is 17.8. The van der Waals surface area contributed by atoms with Gasteiger partial charge in [0.2, 0.25) is 0 Å². The van der Waals surface area contributed by atoms with Crippen molar-refractivity contribution in [3.63, 3.8) is 0 Å². The molecule has 4 rings (SSSR count). The highest BCUT2D eigenvalue weighted by Crippen LogP contribution is 2.29. The van der Waals surface area contributed by atoms with Crippen molar-refractivity contribution < 1.29 is 4.74 Å². The average Bonchev–Trinajstić information content (AvgIpc) is 3.25. The van der Waals surface area contributed by atoms with Gasteiger partial charge in [-0.05, 0) is 37.7 Å². The van der Waals surface area contributed by atoms with E-state index in [1.165, 1.54) is 17.0 Å². The molecule has 25 heavy (non-hydrogen) atoms. The van der Waals surface area contributed by atoms with Crippen molar-refractivity contribution in [1.29, 1.82) is 0 Å². The molecular formula is C20H30N4O. The van der Waals surface area contributed by atoms with Crippen LogP contribution in [-0.2, 0) is 13.0 Å². The topological polar surface area (TPSA) is 44.4 Å². The zero-order valence-electron chi connectivity index (χ0n) is 15.9. The van der Waals surface area contributed by atoms with Gasteiger partial charge in [-0.25, -0.2) is 4.98 Å². The van der Waals surface area contributed by atoms with Crippen LogP contribution >= 0.6 is 0 Å². The molecule has 1 N–H and O–H groups in total. The van der Waals surface area contributed by atoms with Gasteiger partial charge in [0.05, 0.1) is 12.3 Å². The number of nitrogens with one attached hydrogen (secondary N) is 1. The molecule has 0 spiro atoms. The number of hydrogen-bond donors (Lipinski definition) is 1. The van der Waals surface area contributed by atoms with Gasteiger partial charge >= 0.3 is 0 Å². The van der Waals surface area contributed by atoms with Crippen molar-refractivity contribution in [2.75, 3.05) is 39.8 Å². The fraction of sp³-hybridized carbons (Fsp3) is 0.550. The highest BCUT2D eigenvalue weighted by atomic mass is 16.5. The lowest BCUT2D eigenvalue weighted by molar-refractivity contribution is 0.147. The summed E-state index contributed by atoms with van der Waals surface area (Å²) < 4.78 is 5.59. The summed E-state index contributed by atoms with van der Waals surface area (Å²) in [4.78, 5) is 13.2. The summed E-state index contributed by atoms with van der Waals surface area (Å²) in [6, 6.07) is 6.37. The molecule has 5 heteroatoms. The van der Waals surface area contributed by atoms with Crippen LogP contribution in [0.2, 0.25) is 0 Å². The van der Waals surface area contributed by atoms with Gasteiger partial charge in [0, 0.05) is 50.4 Å². The van der Waals surface area contributed by atoms with Gasteiger partial charge in [-0.1, -0.05) is 13.8 Å². The molecule has 0 bridgehead atoms. The van der Waals surface area contributed by atoms with Crippen molar-refractivity contribution >= 4 is 0 Å². The van der Waals surface area contributed by atoms with Crippen LogP contribution in [0, 0.1) is 6.92 Å². The molecule has 1 aromatic heterocycles. The van der Waals surface area contributed by atoms with Crippen LogP contribution in [0.5, 0.6) is 5.75 Å². The minimum Gasteiger partial charge on any atom is -0.493 e. The van der Waals surface area contributed by atoms with Crippen molar-refractivity contribution in [1.82, 2.24) is 19.8 Å². The second-order valence-corrected chi connectivity index (χ2v) is 6.66. The Balaban J connectivity index is 0.000000880. The summed E-state index contributed by atoms with van der Waals surface area (Å²) in [6.45, 7) is 12.4. The largest absolute Gasteiger partial charge is 0.493 e. The fourth-order valence-electron chi connectivity index (χ4n) is 3.34. The van der Waals surface area contributed by atoms with Crippen LogP contribution < -0.4 is 4.74 Å². The maximum atomic E-state index is 5.59. The van der Waals surface area contributed by atoms with E-state index in [2.05, 4.69) is 47.0 Å². The maximum Gasteiger partial charge on any atom is 0.137 e. The molecule has 1 aromatic carbocycles. The van der Waals surface area contributed by atoms with Gasteiger partial charge in [0.25, 0.3) is 0 Å². The molecule has 3 heterocycles. The first-order chi connectivity index (χ1) is 12.2. The highest BCUT2D eigenvalue weighted by molar-refractivity contribution is 5.60. The molecule has 0 saturated carbocycles. The third-order valence-corrected chi connectivity index (χ3v) is 4.92. The molecule has 0 amide bonds. The van der Waals surface area contributed by atoms with Gasteiger partial charge in [-0.3, -0.25) is 4.90 Å². The van der Waals surface area contributed by atoms with E-state index >= 15 is 0 Å². The first kappa shape index (κ1) is 18.0. The third kappa shape index (κ3) is 4.05. The number of piperazine rings is 1. The van der Waals surface area contributed by atoms with Crippen molar-refractivity contribution in [3.8, 4) is 17.1 Å². The van der Waals surface area contributed by atoms with Crippen molar-refractivity contribution in [3.05, 3.63) is 35.2 Å². The number of nitrogens with zero attached hydrogens (tertiary/aromatic N) is 3. The summed E-state index contributed by atoms with van der Waals surface area (Å²) >= 11 is 0. The molecule has 136 valence electrons. The van der Waals surface area contributed by atoms with E-state index in [1.54, 1.807) is 0 Å². The highest BCUT2D eigenvalue weighted by Gasteiger charge is 2.18. The lowest BCUT2D eigenvalue weighted by atomic mass is 10.1. The molecule has 2 aromatic rings. The Morgan fingerprint density at radius 1 is 1.16 bits per heavy atom. The molecule has 1 fully saturated rings. The molecule has 2 aliphatic heterocycles. The minimum atomic E-state index is 0.796. The summed E-state index contributed by atoms with van der Waals surface area (Å²) in [7, 11) is 2.19. The number of aromatic amines is 1. The lowest BCUT2D eigenvalue weighted by Crippen LogP contribution is -2.44. The van der Waals surface area contributed by atoms with Gasteiger partial charge in [0.1, 0.15) is 11.6 Å². The summed E-state index contributed by atoms with van der Waals surface area (Å²) in [5.41, 5.74) is 4.79. The standard InChI is InChI=1S/C18H24N4O.C2H6/c1-13-16(12-22-8-6-21(2)7-9-22)20-18(19-13)15-3-4-17-14(11-15)5-10-23-17;1-2/h3-4,11H,5-10,12H2,1-2H3,(H,19,20);1-2H3. The molecule has 0 unspecified atom stereocenters. The smallest absolute Gasteiger partial charge is 0.137 e. The molecule has 5 nitrogen and oxygen atoms in total. The number of benzene rings is 1. The molecule has 0 aliphatic carbocycles. The molecule has 0 atom stereocenters. The Bertz CT molecular complexity index is 702. The second kappa shape index (κ2) is 8.02. The SMILES string of the molecule is CC.Cc1[nH]c(-c2ccc3c(c2)CCO3)nc1CN1CCN(C)CC1. The number of imidazole rings is 1. The quantitative estimate of drug-likeness (QED) is 0.931. The van der Waals surface area contributed by atoms with Crippen LogP contribution in [0.4, 0.5) is 0 Å². The number of hydrogen-bond acceptors (Lipinski definition) is 4. The van der Waals surface area contributed by atoms with E-state index in [4.69, 9.17) is 9.72 Å². The first-order valence-electron chi connectivity index (χ1n) is 9.41. The van der Waals surface area contributed by atoms with E-state index in [0.29, 0.717) is 0 Å². The average molecular weight is 342 g/mol. The van der Waals surface area contributed by atoms with E-state index in [0.717, 1.165) is 62.9 Å². The van der Waals surface area contributed by atoms with Crippen LogP contribution in [0.1, 0.15) is 30.8 Å². The minimum absolute atomic E-state index is 0.796. The Kier molecular flexibility index (Phi) is 5.76. The number of aromatic nitrogens is 2. The third-order valence-electron chi connectivity index (χ3n) is 4.92. The number of fused-ring (bicyclic) bond motifs is 1. The molecule has 0 radical (unpaired) electrons. The van der Waals surface area contributed by atoms with Gasteiger partial charge in [0.15, 0.2) is 0 Å². The monoisotopic (exact) mass is 342 g/mol. The van der Waals surface area contributed by atoms with Gasteiger partial charge in [-0.15, -0.1) is 0 Å². The lowest BCUT2D eigenvalue weighted by Gasteiger charge is -2.31. The number of rotatable bonds is 3. The van der Waals surface area contributed by atoms with E-state index in [9.17, 15) is 0 Å². The number of likely N-dealkylation sites (N-methyl/N-ethyl adjacent to an activating group) is 1. The Labute approximate surface area is 151 Å². The Morgan fingerprint density at radius 3 is 2.68 bits per heavy atom.